The summed E-state index contributed by atoms with van der Waals surface area (Å²) in [5.74, 6) is 0. The molecule has 0 amide bonds. The van der Waals surface area contributed by atoms with Crippen molar-refractivity contribution >= 4 is 16.3 Å². The third kappa shape index (κ3) is 1.68. The summed E-state index contributed by atoms with van der Waals surface area (Å²) < 4.78 is 0. The molecule has 0 heteroatoms. The molecule has 3 aromatic rings. The highest BCUT2D eigenvalue weighted by molar-refractivity contribution is 5.94. The predicted molar refractivity (Wildman–Crippen MR) is 80.9 cm³/mol. The average molecular weight is 241 g/mol. The fourth-order valence-electron chi connectivity index (χ4n) is 2.76. The number of hydrogen-bond acceptors (Lipinski definition) is 0. The third-order valence-electron chi connectivity index (χ3n) is 3.72. The molecule has 0 N–H and O–H groups in total. The molecule has 0 atom stereocenters. The molecule has 0 spiro atoms. The second kappa shape index (κ2) is 4.10. The molecule has 89 valence electrons. The van der Waals surface area contributed by atoms with Gasteiger partial charge in [0.2, 0.25) is 0 Å². The maximum absolute atomic E-state index is 2.30. The van der Waals surface area contributed by atoms with E-state index in [9.17, 15) is 0 Å². The Morgan fingerprint density at radius 2 is 1.32 bits per heavy atom. The van der Waals surface area contributed by atoms with Crippen LogP contribution in [0.5, 0.6) is 0 Å². The Bertz CT molecular complexity index is 780. The second-order valence-electron chi connectivity index (χ2n) is 4.90. The van der Waals surface area contributed by atoms with Crippen molar-refractivity contribution in [2.45, 2.75) is 0 Å². The lowest BCUT2D eigenvalue weighted by Crippen LogP contribution is -1.87. The SMILES string of the molecule is [CH]1C=C(c2ccccc2)c2cc3ccccc3cc21. The number of benzene rings is 3. The lowest BCUT2D eigenvalue weighted by Gasteiger charge is -2.08. The van der Waals surface area contributed by atoms with Crippen LogP contribution in [-0.4, -0.2) is 0 Å². The Morgan fingerprint density at radius 1 is 0.632 bits per heavy atom. The summed E-state index contributed by atoms with van der Waals surface area (Å²) in [5.41, 5.74) is 5.26. The molecule has 0 bridgehead atoms. The van der Waals surface area contributed by atoms with Crippen LogP contribution in [0.4, 0.5) is 0 Å². The van der Waals surface area contributed by atoms with E-state index in [-0.39, 0.29) is 0 Å². The molecule has 0 saturated carbocycles. The minimum atomic E-state index is 1.28. The second-order valence-corrected chi connectivity index (χ2v) is 4.90. The number of rotatable bonds is 1. The largest absolute Gasteiger partial charge is 0.0676 e. The zero-order valence-electron chi connectivity index (χ0n) is 10.5. The van der Waals surface area contributed by atoms with Crippen LogP contribution >= 0.6 is 0 Å². The first-order valence-corrected chi connectivity index (χ1v) is 6.55. The zero-order chi connectivity index (χ0) is 12.7. The number of fused-ring (bicyclic) bond motifs is 2. The summed E-state index contributed by atoms with van der Waals surface area (Å²) in [6.45, 7) is 0. The highest BCUT2D eigenvalue weighted by Gasteiger charge is 2.16. The Labute approximate surface area is 113 Å². The summed E-state index contributed by atoms with van der Waals surface area (Å²) in [6, 6.07) is 23.7. The zero-order valence-corrected chi connectivity index (χ0v) is 10.5. The molecule has 3 aromatic carbocycles. The first-order valence-electron chi connectivity index (χ1n) is 6.55. The highest BCUT2D eigenvalue weighted by Crippen LogP contribution is 2.36. The number of allylic oxidation sites excluding steroid dienone is 1. The van der Waals surface area contributed by atoms with Crippen LogP contribution in [0.1, 0.15) is 16.7 Å². The van der Waals surface area contributed by atoms with Crippen molar-refractivity contribution in [2.75, 3.05) is 0 Å². The molecular formula is C19H13. The van der Waals surface area contributed by atoms with Crippen molar-refractivity contribution in [3.05, 3.63) is 95.9 Å². The van der Waals surface area contributed by atoms with Crippen molar-refractivity contribution in [1.29, 1.82) is 0 Å². The first kappa shape index (κ1) is 10.6. The van der Waals surface area contributed by atoms with Crippen LogP contribution in [0.3, 0.4) is 0 Å². The Balaban J connectivity index is 1.92. The topological polar surface area (TPSA) is 0 Å². The van der Waals surface area contributed by atoms with Crippen LogP contribution in [0.25, 0.3) is 16.3 Å². The Morgan fingerprint density at radius 3 is 2.11 bits per heavy atom. The van der Waals surface area contributed by atoms with Gasteiger partial charge in [0.15, 0.2) is 0 Å². The number of hydrogen-bond donors (Lipinski definition) is 0. The maximum atomic E-state index is 2.30. The molecule has 1 radical (unpaired) electrons. The third-order valence-corrected chi connectivity index (χ3v) is 3.72. The smallest absolute Gasteiger partial charge is 0.0138 e. The quantitative estimate of drug-likeness (QED) is 0.572. The molecule has 0 heterocycles. The molecule has 1 aliphatic carbocycles. The van der Waals surface area contributed by atoms with Gasteiger partial charge in [0, 0.05) is 6.42 Å². The molecular weight excluding hydrogens is 228 g/mol. The van der Waals surface area contributed by atoms with Gasteiger partial charge in [-0.25, -0.2) is 0 Å². The van der Waals surface area contributed by atoms with Gasteiger partial charge in [-0.15, -0.1) is 0 Å². The summed E-state index contributed by atoms with van der Waals surface area (Å²) >= 11 is 0. The van der Waals surface area contributed by atoms with Gasteiger partial charge in [-0.2, -0.15) is 0 Å². The molecule has 4 rings (SSSR count). The molecule has 0 aromatic heterocycles. The lowest BCUT2D eigenvalue weighted by atomic mass is 9.96. The van der Waals surface area contributed by atoms with Gasteiger partial charge in [0.05, 0.1) is 0 Å². The average Bonchev–Trinajstić information content (AvgIpc) is 2.88. The van der Waals surface area contributed by atoms with E-state index < -0.39 is 0 Å². The monoisotopic (exact) mass is 241 g/mol. The molecule has 19 heavy (non-hydrogen) atoms. The minimum absolute atomic E-state index is 1.28. The fourth-order valence-corrected chi connectivity index (χ4v) is 2.76. The van der Waals surface area contributed by atoms with Crippen molar-refractivity contribution in [3.8, 4) is 0 Å². The van der Waals surface area contributed by atoms with E-state index in [0.29, 0.717) is 0 Å². The van der Waals surface area contributed by atoms with Crippen molar-refractivity contribution < 1.29 is 0 Å². The van der Waals surface area contributed by atoms with Crippen LogP contribution in [0.15, 0.2) is 72.8 Å². The summed E-state index contributed by atoms with van der Waals surface area (Å²) in [6.07, 6.45) is 4.43. The van der Waals surface area contributed by atoms with Gasteiger partial charge in [0.1, 0.15) is 0 Å². The maximum Gasteiger partial charge on any atom is 0.0138 e. The predicted octanol–water partition coefficient (Wildman–Crippen LogP) is 4.84. The first-order chi connectivity index (χ1) is 9.42. The van der Waals surface area contributed by atoms with E-state index in [1.807, 2.05) is 0 Å². The molecule has 0 fully saturated rings. The van der Waals surface area contributed by atoms with Crippen LogP contribution < -0.4 is 0 Å². The minimum Gasteiger partial charge on any atom is -0.0676 e. The summed E-state index contributed by atoms with van der Waals surface area (Å²) in [7, 11) is 0. The molecule has 0 aliphatic heterocycles. The van der Waals surface area contributed by atoms with Crippen LogP contribution in [-0.2, 0) is 0 Å². The van der Waals surface area contributed by atoms with Gasteiger partial charge in [0.25, 0.3) is 0 Å². The van der Waals surface area contributed by atoms with Gasteiger partial charge in [-0.1, -0.05) is 60.7 Å². The van der Waals surface area contributed by atoms with Crippen LogP contribution in [0, 0.1) is 6.42 Å². The summed E-state index contributed by atoms with van der Waals surface area (Å²) in [5, 5.41) is 2.61. The van der Waals surface area contributed by atoms with Gasteiger partial charge < -0.3 is 0 Å². The molecule has 0 saturated heterocycles. The Hall–Kier alpha value is -2.34. The highest BCUT2D eigenvalue weighted by atomic mass is 14.2. The summed E-state index contributed by atoms with van der Waals surface area (Å²) in [4.78, 5) is 0. The fraction of sp³-hybridized carbons (Fsp3) is 0. The standard InChI is InChI=1S/C19H13/c1-2-6-14(7-3-1)18-11-10-17-12-15-8-4-5-9-16(15)13-19(17)18/h1-13H. The van der Waals surface area contributed by atoms with Gasteiger partial charge >= 0.3 is 0 Å². The van der Waals surface area contributed by atoms with E-state index in [4.69, 9.17) is 0 Å². The van der Waals surface area contributed by atoms with E-state index >= 15 is 0 Å². The van der Waals surface area contributed by atoms with Crippen molar-refractivity contribution in [2.24, 2.45) is 0 Å². The van der Waals surface area contributed by atoms with Gasteiger partial charge in [-0.05, 0) is 45.2 Å². The molecule has 0 nitrogen and oxygen atoms in total. The van der Waals surface area contributed by atoms with Crippen molar-refractivity contribution in [3.63, 3.8) is 0 Å². The van der Waals surface area contributed by atoms with E-state index in [2.05, 4.69) is 79.2 Å². The van der Waals surface area contributed by atoms with E-state index in [1.54, 1.807) is 0 Å². The van der Waals surface area contributed by atoms with E-state index in [1.165, 1.54) is 33.0 Å². The van der Waals surface area contributed by atoms with Crippen molar-refractivity contribution in [1.82, 2.24) is 0 Å². The van der Waals surface area contributed by atoms with E-state index in [0.717, 1.165) is 0 Å². The van der Waals surface area contributed by atoms with Crippen LogP contribution in [0.2, 0.25) is 0 Å². The Kier molecular flexibility index (Phi) is 2.28. The molecule has 1 aliphatic rings. The lowest BCUT2D eigenvalue weighted by molar-refractivity contribution is 1.55. The molecule has 0 unspecified atom stereocenters. The van der Waals surface area contributed by atoms with Gasteiger partial charge in [-0.3, -0.25) is 0 Å². The normalized spacial score (nSPS) is 13.4.